The summed E-state index contributed by atoms with van der Waals surface area (Å²) in [5.74, 6) is 0.541. The average Bonchev–Trinajstić information content (AvgIpc) is 2.53. The van der Waals surface area contributed by atoms with Crippen LogP contribution in [0.5, 0.6) is 0 Å². The summed E-state index contributed by atoms with van der Waals surface area (Å²) in [7, 11) is 0. The van der Waals surface area contributed by atoms with E-state index in [9.17, 15) is 4.79 Å². The van der Waals surface area contributed by atoms with Crippen molar-refractivity contribution in [1.82, 2.24) is 15.3 Å². The van der Waals surface area contributed by atoms with Gasteiger partial charge in [0.2, 0.25) is 5.95 Å². The van der Waals surface area contributed by atoms with Crippen LogP contribution in [0.1, 0.15) is 18.0 Å². The second-order valence-electron chi connectivity index (χ2n) is 3.25. The van der Waals surface area contributed by atoms with E-state index in [-0.39, 0.29) is 11.5 Å². The normalized spacial score (nSPS) is 22.0. The van der Waals surface area contributed by atoms with Crippen molar-refractivity contribution in [2.24, 2.45) is 0 Å². The Hall–Kier alpha value is -1.36. The second-order valence-corrected chi connectivity index (χ2v) is 3.25. The number of hydrogen-bond donors (Lipinski definition) is 3. The van der Waals surface area contributed by atoms with Gasteiger partial charge in [0.15, 0.2) is 0 Å². The lowest BCUT2D eigenvalue weighted by atomic mass is 10.1. The van der Waals surface area contributed by atoms with Gasteiger partial charge in [0.05, 0.1) is 5.69 Å². The second kappa shape index (κ2) is 3.18. The summed E-state index contributed by atoms with van der Waals surface area (Å²) in [6.07, 6.45) is 1.02. The first kappa shape index (κ1) is 8.25. The third-order valence-electron chi connectivity index (χ3n) is 2.26. The molecule has 0 amide bonds. The number of nitrogens with one attached hydrogen (secondary N) is 2. The molecule has 1 fully saturated rings. The van der Waals surface area contributed by atoms with Gasteiger partial charge in [-0.15, -0.1) is 0 Å². The Balaban J connectivity index is 2.33. The SMILES string of the molecule is Nc1nc([C@@H]2CCNC2)cc(=O)[nH]1. The van der Waals surface area contributed by atoms with Crippen molar-refractivity contribution in [3.05, 3.63) is 22.1 Å². The molecule has 13 heavy (non-hydrogen) atoms. The minimum atomic E-state index is -0.172. The van der Waals surface area contributed by atoms with Gasteiger partial charge in [-0.3, -0.25) is 9.78 Å². The lowest BCUT2D eigenvalue weighted by molar-refractivity contribution is 0.730. The van der Waals surface area contributed by atoms with Crippen molar-refractivity contribution in [1.29, 1.82) is 0 Å². The average molecular weight is 180 g/mol. The van der Waals surface area contributed by atoms with Crippen molar-refractivity contribution >= 4 is 5.95 Å². The maximum Gasteiger partial charge on any atom is 0.252 e. The third kappa shape index (κ3) is 1.70. The van der Waals surface area contributed by atoms with E-state index in [1.165, 1.54) is 6.07 Å². The summed E-state index contributed by atoms with van der Waals surface area (Å²) in [6.45, 7) is 1.87. The monoisotopic (exact) mass is 180 g/mol. The summed E-state index contributed by atoms with van der Waals surface area (Å²) in [5.41, 5.74) is 6.07. The molecule has 1 aliphatic heterocycles. The third-order valence-corrected chi connectivity index (χ3v) is 2.26. The maximum atomic E-state index is 11.1. The van der Waals surface area contributed by atoms with Crippen LogP contribution in [0.2, 0.25) is 0 Å². The molecule has 70 valence electrons. The minimum absolute atomic E-state index is 0.172. The number of H-pyrrole nitrogens is 1. The van der Waals surface area contributed by atoms with Gasteiger partial charge in [0.25, 0.3) is 5.56 Å². The van der Waals surface area contributed by atoms with Crippen LogP contribution in [0.15, 0.2) is 10.9 Å². The van der Waals surface area contributed by atoms with Crippen LogP contribution in [0.25, 0.3) is 0 Å². The van der Waals surface area contributed by atoms with Gasteiger partial charge in [-0.05, 0) is 13.0 Å². The van der Waals surface area contributed by atoms with Crippen molar-refractivity contribution in [3.8, 4) is 0 Å². The number of nitrogen functional groups attached to an aromatic ring is 1. The van der Waals surface area contributed by atoms with Crippen LogP contribution in [0.4, 0.5) is 5.95 Å². The fourth-order valence-electron chi connectivity index (χ4n) is 1.61. The summed E-state index contributed by atoms with van der Waals surface area (Å²) in [6, 6.07) is 1.52. The van der Waals surface area contributed by atoms with Crippen LogP contribution >= 0.6 is 0 Å². The lowest BCUT2D eigenvalue weighted by Crippen LogP contribution is -2.15. The van der Waals surface area contributed by atoms with E-state index < -0.39 is 0 Å². The van der Waals surface area contributed by atoms with Crippen LogP contribution in [-0.4, -0.2) is 23.1 Å². The molecule has 1 atom stereocenters. The lowest BCUT2D eigenvalue weighted by Gasteiger charge is -2.06. The molecule has 0 saturated carbocycles. The zero-order valence-corrected chi connectivity index (χ0v) is 7.21. The molecule has 0 radical (unpaired) electrons. The smallest absolute Gasteiger partial charge is 0.252 e. The highest BCUT2D eigenvalue weighted by atomic mass is 16.1. The number of aromatic amines is 1. The number of hydrogen-bond acceptors (Lipinski definition) is 4. The summed E-state index contributed by atoms with van der Waals surface area (Å²) in [5, 5.41) is 3.22. The van der Waals surface area contributed by atoms with E-state index in [1.54, 1.807) is 0 Å². The molecule has 1 aromatic rings. The number of anilines is 1. The number of aromatic nitrogens is 2. The molecule has 4 N–H and O–H groups in total. The number of nitrogens with two attached hydrogens (primary N) is 1. The molecule has 0 spiro atoms. The van der Waals surface area contributed by atoms with Crippen LogP contribution in [0.3, 0.4) is 0 Å². The molecule has 0 aromatic carbocycles. The molecule has 0 aliphatic carbocycles. The van der Waals surface area contributed by atoms with E-state index in [1.807, 2.05) is 0 Å². The van der Waals surface area contributed by atoms with E-state index in [2.05, 4.69) is 15.3 Å². The molecule has 2 heterocycles. The van der Waals surface area contributed by atoms with Crippen LogP contribution in [-0.2, 0) is 0 Å². The summed E-state index contributed by atoms with van der Waals surface area (Å²) in [4.78, 5) is 17.6. The Bertz CT molecular complexity index is 353. The number of nitrogens with zero attached hydrogens (tertiary/aromatic N) is 1. The highest BCUT2D eigenvalue weighted by molar-refractivity contribution is 5.20. The fraction of sp³-hybridized carbons (Fsp3) is 0.500. The fourth-order valence-corrected chi connectivity index (χ4v) is 1.61. The first-order valence-corrected chi connectivity index (χ1v) is 4.33. The van der Waals surface area contributed by atoms with Gasteiger partial charge in [0, 0.05) is 18.5 Å². The molecule has 2 rings (SSSR count). The molecule has 5 nitrogen and oxygen atoms in total. The Morgan fingerprint density at radius 2 is 2.46 bits per heavy atom. The van der Waals surface area contributed by atoms with Crippen LogP contribution in [0, 0.1) is 0 Å². The highest BCUT2D eigenvalue weighted by Crippen LogP contribution is 2.18. The molecule has 1 aromatic heterocycles. The van der Waals surface area contributed by atoms with Gasteiger partial charge in [-0.1, -0.05) is 0 Å². The van der Waals surface area contributed by atoms with Crippen molar-refractivity contribution in [3.63, 3.8) is 0 Å². The number of rotatable bonds is 1. The minimum Gasteiger partial charge on any atom is -0.369 e. The molecule has 0 bridgehead atoms. The predicted octanol–water partition coefficient (Wildman–Crippen LogP) is -0.571. The topological polar surface area (TPSA) is 83.8 Å². The van der Waals surface area contributed by atoms with Gasteiger partial charge >= 0.3 is 0 Å². The van der Waals surface area contributed by atoms with E-state index in [4.69, 9.17) is 5.73 Å². The summed E-state index contributed by atoms with van der Waals surface area (Å²) >= 11 is 0. The van der Waals surface area contributed by atoms with E-state index >= 15 is 0 Å². The Morgan fingerprint density at radius 3 is 3.08 bits per heavy atom. The molecule has 0 unspecified atom stereocenters. The van der Waals surface area contributed by atoms with E-state index in [0.717, 1.165) is 25.2 Å². The molecular weight excluding hydrogens is 168 g/mol. The quantitative estimate of drug-likeness (QED) is 0.540. The van der Waals surface area contributed by atoms with Gasteiger partial charge < -0.3 is 11.1 Å². The van der Waals surface area contributed by atoms with Gasteiger partial charge in [-0.2, -0.15) is 0 Å². The Kier molecular flexibility index (Phi) is 2.02. The molecule has 1 saturated heterocycles. The molecule has 1 aliphatic rings. The van der Waals surface area contributed by atoms with Crippen LogP contribution < -0.4 is 16.6 Å². The highest BCUT2D eigenvalue weighted by Gasteiger charge is 2.18. The molecule has 5 heteroatoms. The first-order chi connectivity index (χ1) is 6.25. The van der Waals surface area contributed by atoms with Gasteiger partial charge in [0.1, 0.15) is 0 Å². The standard InChI is InChI=1S/C8H12N4O/c9-8-11-6(3-7(13)12-8)5-1-2-10-4-5/h3,5,10H,1-2,4H2,(H3,9,11,12,13)/t5-/m1/s1. The summed E-state index contributed by atoms with van der Waals surface area (Å²) < 4.78 is 0. The zero-order valence-electron chi connectivity index (χ0n) is 7.21. The predicted molar refractivity (Wildman–Crippen MR) is 49.5 cm³/mol. The van der Waals surface area contributed by atoms with Crippen molar-refractivity contribution < 1.29 is 0 Å². The van der Waals surface area contributed by atoms with Gasteiger partial charge in [-0.25, -0.2) is 4.98 Å². The van der Waals surface area contributed by atoms with Crippen molar-refractivity contribution in [2.75, 3.05) is 18.8 Å². The Morgan fingerprint density at radius 1 is 1.62 bits per heavy atom. The Labute approximate surface area is 75.4 Å². The zero-order chi connectivity index (χ0) is 9.26. The first-order valence-electron chi connectivity index (χ1n) is 4.33. The van der Waals surface area contributed by atoms with E-state index in [0.29, 0.717) is 5.92 Å². The largest absolute Gasteiger partial charge is 0.369 e. The van der Waals surface area contributed by atoms with Crippen molar-refractivity contribution in [2.45, 2.75) is 12.3 Å². The molecular formula is C8H12N4O. The maximum absolute atomic E-state index is 11.1.